The standard InChI is InChI=1S/C24H23FN2O3S/c1-16-9-11-26(12-10-16)22(28)19-7-5-17(6-8-19)14-21-23(29)27(24(30)31-21)15-18-3-2-4-20(25)13-18/h2-8,13-14,16H,9-12,15H2,1H3. The molecule has 2 aliphatic heterocycles. The summed E-state index contributed by atoms with van der Waals surface area (Å²) in [5, 5.41) is -0.383. The van der Waals surface area contributed by atoms with Gasteiger partial charge in [0.1, 0.15) is 5.82 Å². The van der Waals surface area contributed by atoms with Gasteiger partial charge >= 0.3 is 0 Å². The quantitative estimate of drug-likeness (QED) is 0.635. The van der Waals surface area contributed by atoms with E-state index in [9.17, 15) is 18.8 Å². The van der Waals surface area contributed by atoms with Crippen LogP contribution in [0.15, 0.2) is 53.4 Å². The van der Waals surface area contributed by atoms with Crippen molar-refractivity contribution in [2.24, 2.45) is 5.92 Å². The summed E-state index contributed by atoms with van der Waals surface area (Å²) in [4.78, 5) is 41.0. The average Bonchev–Trinajstić information content (AvgIpc) is 3.02. The van der Waals surface area contributed by atoms with Crippen molar-refractivity contribution < 1.29 is 18.8 Å². The van der Waals surface area contributed by atoms with Crippen molar-refractivity contribution in [3.05, 3.63) is 75.9 Å². The normalized spacial score (nSPS) is 18.8. The lowest BCUT2D eigenvalue weighted by molar-refractivity contribution is -0.123. The molecule has 7 heteroatoms. The number of likely N-dealkylation sites (tertiary alicyclic amines) is 1. The molecule has 0 bridgehead atoms. The van der Waals surface area contributed by atoms with Crippen LogP contribution in [0.1, 0.15) is 41.3 Å². The van der Waals surface area contributed by atoms with Crippen molar-refractivity contribution in [2.75, 3.05) is 13.1 Å². The summed E-state index contributed by atoms with van der Waals surface area (Å²) in [6, 6.07) is 12.9. The van der Waals surface area contributed by atoms with E-state index in [0.29, 0.717) is 21.9 Å². The first kappa shape index (κ1) is 21.3. The Morgan fingerprint density at radius 1 is 1.13 bits per heavy atom. The summed E-state index contributed by atoms with van der Waals surface area (Å²) >= 11 is 0.863. The molecule has 2 fully saturated rings. The second-order valence-electron chi connectivity index (χ2n) is 7.99. The lowest BCUT2D eigenvalue weighted by atomic mass is 9.98. The molecule has 3 amide bonds. The zero-order chi connectivity index (χ0) is 22.0. The second-order valence-corrected chi connectivity index (χ2v) is 8.99. The van der Waals surface area contributed by atoms with Gasteiger partial charge in [-0.1, -0.05) is 31.2 Å². The number of imide groups is 1. The number of benzene rings is 2. The molecule has 160 valence electrons. The molecular weight excluding hydrogens is 415 g/mol. The maximum Gasteiger partial charge on any atom is 0.293 e. The van der Waals surface area contributed by atoms with Crippen LogP contribution in [0.5, 0.6) is 0 Å². The van der Waals surface area contributed by atoms with E-state index in [1.807, 2.05) is 4.90 Å². The Balaban J connectivity index is 1.44. The second kappa shape index (κ2) is 9.06. The lowest BCUT2D eigenvalue weighted by Gasteiger charge is -2.30. The Kier molecular flexibility index (Phi) is 6.23. The first-order chi connectivity index (χ1) is 14.9. The maximum atomic E-state index is 13.4. The minimum Gasteiger partial charge on any atom is -0.339 e. The molecule has 5 nitrogen and oxygen atoms in total. The summed E-state index contributed by atoms with van der Waals surface area (Å²) in [6.07, 6.45) is 3.69. The van der Waals surface area contributed by atoms with Crippen molar-refractivity contribution in [1.82, 2.24) is 9.80 Å². The number of hydrogen-bond donors (Lipinski definition) is 0. The first-order valence-electron chi connectivity index (χ1n) is 10.3. The van der Waals surface area contributed by atoms with Gasteiger partial charge in [-0.05, 0) is 72.0 Å². The Hall–Kier alpha value is -2.93. The molecule has 31 heavy (non-hydrogen) atoms. The van der Waals surface area contributed by atoms with E-state index in [4.69, 9.17) is 0 Å². The Labute approximate surface area is 184 Å². The molecular formula is C24H23FN2O3S. The molecule has 2 aromatic carbocycles. The Bertz CT molecular complexity index is 1040. The van der Waals surface area contributed by atoms with Crippen molar-refractivity contribution in [1.29, 1.82) is 0 Å². The van der Waals surface area contributed by atoms with Gasteiger partial charge in [0.15, 0.2) is 0 Å². The molecule has 0 N–H and O–H groups in total. The van der Waals surface area contributed by atoms with Crippen molar-refractivity contribution in [3.63, 3.8) is 0 Å². The van der Waals surface area contributed by atoms with Crippen LogP contribution in [-0.4, -0.2) is 39.9 Å². The monoisotopic (exact) mass is 438 g/mol. The van der Waals surface area contributed by atoms with Crippen LogP contribution < -0.4 is 0 Å². The molecule has 0 aliphatic carbocycles. The highest BCUT2D eigenvalue weighted by Gasteiger charge is 2.35. The summed E-state index contributed by atoms with van der Waals surface area (Å²) in [7, 11) is 0. The number of halogens is 1. The van der Waals surface area contributed by atoms with Gasteiger partial charge in [-0.2, -0.15) is 0 Å². The largest absolute Gasteiger partial charge is 0.339 e. The van der Waals surface area contributed by atoms with Crippen LogP contribution in [-0.2, 0) is 11.3 Å². The zero-order valence-electron chi connectivity index (χ0n) is 17.2. The highest BCUT2D eigenvalue weighted by molar-refractivity contribution is 8.18. The van der Waals surface area contributed by atoms with Gasteiger partial charge in [-0.3, -0.25) is 19.3 Å². The van der Waals surface area contributed by atoms with Gasteiger partial charge in [0.05, 0.1) is 11.4 Å². The van der Waals surface area contributed by atoms with E-state index in [2.05, 4.69) is 6.92 Å². The van der Waals surface area contributed by atoms with Crippen LogP contribution in [0.3, 0.4) is 0 Å². The lowest BCUT2D eigenvalue weighted by Crippen LogP contribution is -2.37. The van der Waals surface area contributed by atoms with Gasteiger partial charge < -0.3 is 4.90 Å². The number of piperidine rings is 1. The van der Waals surface area contributed by atoms with E-state index in [1.165, 1.54) is 12.1 Å². The fourth-order valence-electron chi connectivity index (χ4n) is 3.72. The van der Waals surface area contributed by atoms with Gasteiger partial charge in [0.25, 0.3) is 17.1 Å². The molecule has 2 aliphatic rings. The highest BCUT2D eigenvalue weighted by Crippen LogP contribution is 2.33. The number of thioether (sulfide) groups is 1. The van der Waals surface area contributed by atoms with E-state index >= 15 is 0 Å². The number of carbonyl (C=O) groups excluding carboxylic acids is 3. The minimum absolute atomic E-state index is 0.0221. The third-order valence-electron chi connectivity index (χ3n) is 5.63. The average molecular weight is 439 g/mol. The molecule has 4 rings (SSSR count). The predicted molar refractivity (Wildman–Crippen MR) is 119 cm³/mol. The summed E-state index contributed by atoms with van der Waals surface area (Å²) in [5.74, 6) is -0.132. The molecule has 0 spiro atoms. The SMILES string of the molecule is CC1CCN(C(=O)c2ccc(C=C3SC(=O)N(Cc4cccc(F)c4)C3=O)cc2)CC1. The van der Waals surface area contributed by atoms with Crippen molar-refractivity contribution in [3.8, 4) is 0 Å². The number of rotatable bonds is 4. The summed E-state index contributed by atoms with van der Waals surface area (Å²) < 4.78 is 13.4. The molecule has 0 atom stereocenters. The molecule has 2 saturated heterocycles. The van der Waals surface area contributed by atoms with Crippen molar-refractivity contribution in [2.45, 2.75) is 26.3 Å². The van der Waals surface area contributed by atoms with Gasteiger partial charge in [-0.25, -0.2) is 4.39 Å². The maximum absolute atomic E-state index is 13.4. The van der Waals surface area contributed by atoms with Crippen LogP contribution in [0, 0.1) is 11.7 Å². The van der Waals surface area contributed by atoms with Crippen molar-refractivity contribution >= 4 is 34.9 Å². The number of nitrogens with zero attached hydrogens (tertiary/aromatic N) is 2. The predicted octanol–water partition coefficient (Wildman–Crippen LogP) is 4.93. The fraction of sp³-hybridized carbons (Fsp3) is 0.292. The first-order valence-corrected chi connectivity index (χ1v) is 11.1. The van der Waals surface area contributed by atoms with E-state index < -0.39 is 11.7 Å². The molecule has 0 unspecified atom stereocenters. The molecule has 2 aromatic rings. The topological polar surface area (TPSA) is 57.7 Å². The molecule has 2 heterocycles. The van der Waals surface area contributed by atoms with E-state index in [1.54, 1.807) is 42.5 Å². The third-order valence-corrected chi connectivity index (χ3v) is 6.54. The smallest absolute Gasteiger partial charge is 0.293 e. The number of amides is 3. The van der Waals surface area contributed by atoms with Crippen LogP contribution >= 0.6 is 11.8 Å². The van der Waals surface area contributed by atoms with Crippen LogP contribution in [0.25, 0.3) is 6.08 Å². The van der Waals surface area contributed by atoms with Crippen LogP contribution in [0.2, 0.25) is 0 Å². The Morgan fingerprint density at radius 2 is 1.84 bits per heavy atom. The summed E-state index contributed by atoms with van der Waals surface area (Å²) in [6.45, 7) is 3.79. The third kappa shape index (κ3) is 4.88. The Morgan fingerprint density at radius 3 is 2.52 bits per heavy atom. The fourth-order valence-corrected chi connectivity index (χ4v) is 4.56. The molecule has 0 aromatic heterocycles. The summed E-state index contributed by atoms with van der Waals surface area (Å²) in [5.41, 5.74) is 1.91. The van der Waals surface area contributed by atoms with E-state index in [0.717, 1.165) is 48.2 Å². The van der Waals surface area contributed by atoms with Gasteiger partial charge in [0.2, 0.25) is 0 Å². The number of hydrogen-bond acceptors (Lipinski definition) is 4. The molecule has 0 saturated carbocycles. The van der Waals surface area contributed by atoms with Gasteiger partial charge in [0, 0.05) is 18.7 Å². The van der Waals surface area contributed by atoms with Gasteiger partial charge in [-0.15, -0.1) is 0 Å². The minimum atomic E-state index is -0.409. The molecule has 0 radical (unpaired) electrons. The van der Waals surface area contributed by atoms with Crippen LogP contribution in [0.4, 0.5) is 9.18 Å². The zero-order valence-corrected chi connectivity index (χ0v) is 18.0. The number of carbonyl (C=O) groups is 3. The van der Waals surface area contributed by atoms with E-state index in [-0.39, 0.29) is 17.7 Å². The highest BCUT2D eigenvalue weighted by atomic mass is 32.2.